The van der Waals surface area contributed by atoms with Gasteiger partial charge in [-0.3, -0.25) is 38.8 Å². The summed E-state index contributed by atoms with van der Waals surface area (Å²) in [6, 6.07) is 2.11. The van der Waals surface area contributed by atoms with Crippen molar-refractivity contribution in [2.75, 3.05) is 52.3 Å². The van der Waals surface area contributed by atoms with E-state index in [1.807, 2.05) is 33.8 Å². The minimum Gasteiger partial charge on any atom is -0.466 e. The lowest BCUT2D eigenvalue weighted by Crippen LogP contribution is -2.61. The smallest absolute Gasteiger partial charge is 0.303 e. The number of hydrogen-bond donors (Lipinski definition) is 2. The third-order valence-electron chi connectivity index (χ3n) is 12.3. The Morgan fingerprint density at radius 3 is 2.19 bits per heavy atom. The summed E-state index contributed by atoms with van der Waals surface area (Å²) in [5, 5.41) is 5.28. The van der Waals surface area contributed by atoms with Crippen LogP contribution in [-0.2, 0) is 61.9 Å². The second-order valence-corrected chi connectivity index (χ2v) is 19.6. The van der Waals surface area contributed by atoms with Gasteiger partial charge in [-0.05, 0) is 108 Å². The minimum absolute atomic E-state index is 0.00179. The third-order valence-corrected chi connectivity index (χ3v) is 13.6. The Kier molecular flexibility index (Phi) is 21.9. The maximum atomic E-state index is 13.3. The molecule has 3 aliphatic heterocycles. The van der Waals surface area contributed by atoms with Crippen LogP contribution in [0.4, 0.5) is 0 Å². The van der Waals surface area contributed by atoms with Crippen molar-refractivity contribution in [1.29, 1.82) is 0 Å². The summed E-state index contributed by atoms with van der Waals surface area (Å²) in [6.07, 6.45) is 2.60. The molecule has 7 atom stereocenters. The molecule has 19 heteroatoms. The molecular weight excluding hydrogens is 923 g/mol. The van der Waals surface area contributed by atoms with E-state index in [-0.39, 0.29) is 36.9 Å². The number of allylic oxidation sites excluding steroid dienone is 2. The van der Waals surface area contributed by atoms with E-state index in [9.17, 15) is 28.8 Å². The zero-order valence-corrected chi connectivity index (χ0v) is 44.1. The van der Waals surface area contributed by atoms with Crippen molar-refractivity contribution in [2.24, 2.45) is 21.8 Å². The summed E-state index contributed by atoms with van der Waals surface area (Å²) in [5.74, 6) is -2.41. The monoisotopic (exact) mass is 998 g/mol. The van der Waals surface area contributed by atoms with E-state index >= 15 is 0 Å². The number of aromatic nitrogens is 1. The van der Waals surface area contributed by atoms with Gasteiger partial charge in [0.05, 0.1) is 12.3 Å². The van der Waals surface area contributed by atoms with E-state index in [4.69, 9.17) is 43.1 Å². The van der Waals surface area contributed by atoms with Crippen LogP contribution in [0.3, 0.4) is 0 Å². The number of hydrogen-bond acceptors (Lipinski definition) is 17. The largest absolute Gasteiger partial charge is 0.466 e. The highest BCUT2D eigenvalue weighted by molar-refractivity contribution is 7.99. The molecule has 0 spiro atoms. The SMILES string of the molecule is CCN=C(/C=c1\[nH]/c(=C(/C)C2=N/C(=C\C3=C(C)CCN3)[C@@H](C)[C@@H]2CCC(=O)N(C)CCCOC(C)=O)cc1C)C(C)(C)OCCCS[C@@H]1O[C@H](COC(C)=O)[C@@H](OC(C)=O)[C@H](OC(C)=O)[C@H]1OC(C)=O. The second-order valence-electron chi connectivity index (χ2n) is 18.4. The molecule has 4 rings (SSSR count). The predicted octanol–water partition coefficient (Wildman–Crippen LogP) is 4.79. The van der Waals surface area contributed by atoms with Gasteiger partial charge < -0.3 is 48.4 Å². The highest BCUT2D eigenvalue weighted by atomic mass is 32.2. The standard InChI is InChI=1S/C51H75N5O13S/c1-14-52-44(51(11,12)65-23-16-24-70-50-49(68-37(10)61)48(67-36(9)60)47(66-35(8)59)43(69-50)28-64-34(7)58)27-40-30(3)25-41(54-40)32(5)46-38(17-18-45(62)56(13)21-15-22-63-33(6)57)31(4)42(55-46)26-39-29(2)19-20-53-39/h25-27,31,38,43,47-50,53-54H,14-24,28H2,1-13H3/b40-27-,41-32-,42-26-,52-44?/t31-,38-,43+,47+,48-,49+,50-/m0/s1. The molecular formula is C51H75N5O13S. The number of ether oxygens (including phenoxy) is 7. The number of aliphatic imine (C=N–C) groups is 2. The number of amides is 1. The first-order valence-corrected chi connectivity index (χ1v) is 25.2. The average molecular weight is 998 g/mol. The summed E-state index contributed by atoms with van der Waals surface area (Å²) in [5.41, 5.74) is 5.36. The molecule has 0 unspecified atom stereocenters. The molecule has 1 fully saturated rings. The minimum atomic E-state index is -1.23. The molecule has 4 heterocycles. The summed E-state index contributed by atoms with van der Waals surface area (Å²) < 4.78 is 39.7. The zero-order valence-electron chi connectivity index (χ0n) is 43.3. The lowest BCUT2D eigenvalue weighted by atomic mass is 9.84. The van der Waals surface area contributed by atoms with Gasteiger partial charge in [-0.2, -0.15) is 0 Å². The molecule has 0 radical (unpaired) electrons. The van der Waals surface area contributed by atoms with Crippen molar-refractivity contribution >= 4 is 70.6 Å². The van der Waals surface area contributed by atoms with E-state index in [1.54, 1.807) is 11.9 Å². The molecule has 0 aliphatic carbocycles. The maximum absolute atomic E-state index is 13.3. The first kappa shape index (κ1) is 57.3. The lowest BCUT2D eigenvalue weighted by molar-refractivity contribution is -0.237. The quantitative estimate of drug-likeness (QED) is 0.0652. The van der Waals surface area contributed by atoms with Crippen LogP contribution >= 0.6 is 11.8 Å². The number of rotatable bonds is 23. The first-order valence-electron chi connectivity index (χ1n) is 24.1. The van der Waals surface area contributed by atoms with Crippen LogP contribution in [0.25, 0.3) is 11.6 Å². The third kappa shape index (κ3) is 16.7. The number of carbonyl (C=O) groups is 6. The van der Waals surface area contributed by atoms with Crippen LogP contribution in [0.1, 0.15) is 114 Å². The Balaban J connectivity index is 1.54. The predicted molar refractivity (Wildman–Crippen MR) is 267 cm³/mol. The molecule has 388 valence electrons. The van der Waals surface area contributed by atoms with Crippen molar-refractivity contribution in [2.45, 2.75) is 151 Å². The van der Waals surface area contributed by atoms with Gasteiger partial charge in [-0.25, -0.2) is 0 Å². The van der Waals surface area contributed by atoms with Crippen molar-refractivity contribution < 1.29 is 61.9 Å². The Labute approximate surface area is 416 Å². The number of H-pyrrole nitrogens is 1. The van der Waals surface area contributed by atoms with Crippen LogP contribution < -0.4 is 16.0 Å². The first-order chi connectivity index (χ1) is 33.0. The number of nitrogens with one attached hydrogen (secondary N) is 2. The summed E-state index contributed by atoms with van der Waals surface area (Å²) in [7, 11) is 1.78. The van der Waals surface area contributed by atoms with Gasteiger partial charge in [0.1, 0.15) is 23.7 Å². The molecule has 18 nitrogen and oxygen atoms in total. The van der Waals surface area contributed by atoms with Gasteiger partial charge in [0.2, 0.25) is 5.91 Å². The van der Waals surface area contributed by atoms with Gasteiger partial charge in [0, 0.05) is 114 Å². The van der Waals surface area contributed by atoms with Gasteiger partial charge in [-0.15, -0.1) is 11.8 Å². The Hall–Kier alpha value is -5.27. The van der Waals surface area contributed by atoms with Gasteiger partial charge >= 0.3 is 29.8 Å². The van der Waals surface area contributed by atoms with Crippen LogP contribution in [0.5, 0.6) is 0 Å². The molecule has 2 N–H and O–H groups in total. The lowest BCUT2D eigenvalue weighted by Gasteiger charge is -2.44. The fraction of sp³-hybridized carbons (Fsp3) is 0.647. The highest BCUT2D eigenvalue weighted by Crippen LogP contribution is 2.38. The molecule has 0 aromatic carbocycles. The molecule has 70 heavy (non-hydrogen) atoms. The van der Waals surface area contributed by atoms with Gasteiger partial charge in [-0.1, -0.05) is 6.92 Å². The van der Waals surface area contributed by atoms with E-state index < -0.39 is 59.3 Å². The Morgan fingerprint density at radius 2 is 1.57 bits per heavy atom. The molecule has 1 saturated heterocycles. The number of nitrogens with zero attached hydrogens (tertiary/aromatic N) is 3. The van der Waals surface area contributed by atoms with Crippen molar-refractivity contribution in [3.63, 3.8) is 0 Å². The van der Waals surface area contributed by atoms with E-state index in [0.29, 0.717) is 51.1 Å². The topological polar surface area (TPSA) is 223 Å². The molecule has 0 saturated carbocycles. The molecule has 1 aromatic heterocycles. The fourth-order valence-electron chi connectivity index (χ4n) is 8.55. The van der Waals surface area contributed by atoms with Gasteiger partial charge in [0.25, 0.3) is 0 Å². The average Bonchev–Trinajstić information content (AvgIpc) is 3.96. The summed E-state index contributed by atoms with van der Waals surface area (Å²) in [6.45, 7) is 22.7. The van der Waals surface area contributed by atoms with Gasteiger partial charge in [0.15, 0.2) is 18.3 Å². The fourth-order valence-corrected chi connectivity index (χ4v) is 9.69. The second kappa shape index (κ2) is 26.8. The number of aryl methyl sites for hydroxylation is 1. The van der Waals surface area contributed by atoms with E-state index in [1.165, 1.54) is 52.0 Å². The molecule has 0 bridgehead atoms. The number of carbonyl (C=O) groups excluding carboxylic acids is 6. The van der Waals surface area contributed by atoms with Crippen LogP contribution in [0.15, 0.2) is 39.1 Å². The van der Waals surface area contributed by atoms with E-state index in [2.05, 4.69) is 43.2 Å². The van der Waals surface area contributed by atoms with Crippen molar-refractivity contribution in [1.82, 2.24) is 15.2 Å². The number of esters is 5. The Bertz CT molecular complexity index is 2320. The number of thioether (sulfide) groups is 1. The maximum Gasteiger partial charge on any atom is 0.303 e. The highest BCUT2D eigenvalue weighted by Gasteiger charge is 2.52. The van der Waals surface area contributed by atoms with Crippen LogP contribution in [0, 0.1) is 18.8 Å². The Morgan fingerprint density at radius 1 is 0.914 bits per heavy atom. The van der Waals surface area contributed by atoms with Crippen molar-refractivity contribution in [3.8, 4) is 0 Å². The van der Waals surface area contributed by atoms with E-state index in [0.717, 1.165) is 57.6 Å². The summed E-state index contributed by atoms with van der Waals surface area (Å²) in [4.78, 5) is 88.5. The van der Waals surface area contributed by atoms with Crippen molar-refractivity contribution in [3.05, 3.63) is 45.4 Å². The zero-order chi connectivity index (χ0) is 51.9. The normalized spacial score (nSPS) is 23.9. The molecule has 3 aliphatic rings. The molecule has 1 amide bonds. The van der Waals surface area contributed by atoms with Crippen LogP contribution in [0.2, 0.25) is 0 Å². The number of aromatic amines is 1. The van der Waals surface area contributed by atoms with Crippen LogP contribution in [-0.4, -0.2) is 145 Å². The summed E-state index contributed by atoms with van der Waals surface area (Å²) >= 11 is 1.30. The molecule has 1 aromatic rings.